The van der Waals surface area contributed by atoms with Gasteiger partial charge in [0, 0.05) is 6.08 Å². The monoisotopic (exact) mass is 472 g/mol. The second kappa shape index (κ2) is 10.9. The molecule has 0 amide bonds. The third-order valence-electron chi connectivity index (χ3n) is 4.99. The van der Waals surface area contributed by atoms with Gasteiger partial charge in [-0.25, -0.2) is 19.2 Å². The highest BCUT2D eigenvalue weighted by Crippen LogP contribution is 2.22. The van der Waals surface area contributed by atoms with Crippen molar-refractivity contribution >= 4 is 23.9 Å². The molecule has 0 spiro atoms. The van der Waals surface area contributed by atoms with Crippen molar-refractivity contribution in [3.63, 3.8) is 0 Å². The van der Waals surface area contributed by atoms with Crippen molar-refractivity contribution in [3.8, 4) is 0 Å². The molecular weight excluding hydrogens is 452 g/mol. The number of carbonyl (C=O) groups is 4. The van der Waals surface area contributed by atoms with Crippen LogP contribution in [-0.4, -0.2) is 42.7 Å². The van der Waals surface area contributed by atoms with Crippen LogP contribution in [0.4, 0.5) is 0 Å². The van der Waals surface area contributed by atoms with Crippen LogP contribution in [0.2, 0.25) is 0 Å². The molecule has 35 heavy (non-hydrogen) atoms. The van der Waals surface area contributed by atoms with Gasteiger partial charge in [0.2, 0.25) is 5.76 Å². The van der Waals surface area contributed by atoms with E-state index in [-0.39, 0.29) is 17.7 Å². The second-order valence-electron chi connectivity index (χ2n) is 7.43. The minimum atomic E-state index is -1.18. The van der Waals surface area contributed by atoms with Crippen LogP contribution in [0.3, 0.4) is 0 Å². The molecule has 0 fully saturated rings. The third kappa shape index (κ3) is 6.00. The summed E-state index contributed by atoms with van der Waals surface area (Å²) in [6.07, 6.45) is -1.15. The molecule has 0 aliphatic carbocycles. The molecule has 0 radical (unpaired) electrons. The lowest BCUT2D eigenvalue weighted by molar-refractivity contribution is -0.158. The predicted molar refractivity (Wildman–Crippen MR) is 122 cm³/mol. The van der Waals surface area contributed by atoms with Gasteiger partial charge in [0.05, 0.1) is 16.7 Å². The van der Waals surface area contributed by atoms with Crippen molar-refractivity contribution in [2.24, 2.45) is 0 Å². The van der Waals surface area contributed by atoms with Gasteiger partial charge in [0.1, 0.15) is 6.61 Å². The lowest BCUT2D eigenvalue weighted by atomic mass is 10.1. The lowest BCUT2D eigenvalue weighted by Gasteiger charge is -2.28. The van der Waals surface area contributed by atoms with E-state index in [0.717, 1.165) is 0 Å². The van der Waals surface area contributed by atoms with Gasteiger partial charge < -0.3 is 18.9 Å². The Labute approximate surface area is 200 Å². The summed E-state index contributed by atoms with van der Waals surface area (Å²) in [6.45, 7) is -0.386. The smallest absolute Gasteiger partial charge is 0.374 e. The maximum Gasteiger partial charge on any atom is 0.374 e. The quantitative estimate of drug-likeness (QED) is 0.378. The zero-order chi connectivity index (χ0) is 24.6. The fraction of sp³-hybridized carbons (Fsp3) is 0.111. The molecule has 0 bridgehead atoms. The maximum absolute atomic E-state index is 12.6. The highest BCUT2D eigenvalue weighted by molar-refractivity contribution is 5.96. The van der Waals surface area contributed by atoms with Gasteiger partial charge in [-0.05, 0) is 36.4 Å². The number of hydrogen-bond donors (Lipinski definition) is 0. The van der Waals surface area contributed by atoms with E-state index in [0.29, 0.717) is 5.56 Å². The van der Waals surface area contributed by atoms with E-state index in [1.54, 1.807) is 78.9 Å². The fourth-order valence-corrected chi connectivity index (χ4v) is 3.22. The molecule has 0 unspecified atom stereocenters. The number of rotatable bonds is 7. The third-order valence-corrected chi connectivity index (χ3v) is 4.99. The first kappa shape index (κ1) is 23.4. The normalized spacial score (nSPS) is 16.9. The van der Waals surface area contributed by atoms with Gasteiger partial charge in [0.25, 0.3) is 0 Å². The average Bonchev–Trinajstić information content (AvgIpc) is 2.90. The van der Waals surface area contributed by atoms with Crippen LogP contribution in [0.15, 0.2) is 103 Å². The van der Waals surface area contributed by atoms with Crippen molar-refractivity contribution in [1.82, 2.24) is 0 Å². The van der Waals surface area contributed by atoms with Crippen LogP contribution in [-0.2, 0) is 23.7 Å². The minimum absolute atomic E-state index is 0.220. The van der Waals surface area contributed by atoms with Crippen LogP contribution in [0, 0.1) is 0 Å². The number of carbonyl (C=O) groups excluding carboxylic acids is 4. The Bertz CT molecular complexity index is 1240. The highest BCUT2D eigenvalue weighted by Gasteiger charge is 2.37. The first-order valence-electron chi connectivity index (χ1n) is 10.7. The van der Waals surface area contributed by atoms with Crippen molar-refractivity contribution in [3.05, 3.63) is 120 Å². The van der Waals surface area contributed by atoms with Gasteiger partial charge in [-0.15, -0.1) is 0 Å². The topological polar surface area (TPSA) is 105 Å². The summed E-state index contributed by atoms with van der Waals surface area (Å²) in [5.74, 6) is -3.51. The zero-order valence-electron chi connectivity index (χ0n) is 18.4. The number of esters is 4. The second-order valence-corrected chi connectivity index (χ2v) is 7.43. The molecule has 2 atom stereocenters. The van der Waals surface area contributed by atoms with Crippen LogP contribution < -0.4 is 0 Å². The average molecular weight is 472 g/mol. The fourth-order valence-electron chi connectivity index (χ4n) is 3.22. The molecule has 1 heterocycles. The molecule has 0 saturated carbocycles. The molecule has 1 aliphatic heterocycles. The summed E-state index contributed by atoms with van der Waals surface area (Å²) in [5.41, 5.74) is 0.791. The van der Waals surface area contributed by atoms with Crippen LogP contribution in [0.5, 0.6) is 0 Å². The summed E-state index contributed by atoms with van der Waals surface area (Å²) in [4.78, 5) is 49.9. The Kier molecular flexibility index (Phi) is 7.32. The Hall–Kier alpha value is -4.72. The molecule has 0 aromatic heterocycles. The Morgan fingerprint density at radius 2 is 1.17 bits per heavy atom. The van der Waals surface area contributed by atoms with E-state index < -0.39 is 41.8 Å². The van der Waals surface area contributed by atoms with E-state index in [4.69, 9.17) is 18.9 Å². The van der Waals surface area contributed by atoms with E-state index in [2.05, 4.69) is 0 Å². The summed E-state index contributed by atoms with van der Waals surface area (Å²) >= 11 is 0. The summed E-state index contributed by atoms with van der Waals surface area (Å²) in [5, 5.41) is 0. The Balaban J connectivity index is 1.52. The maximum atomic E-state index is 12.6. The standard InChI is InChI=1S/C27H20O8/c28-24(18-10-4-1-5-11-18)32-17-23-21(33-25(29)19-12-6-2-7-13-19)16-22(27(31)35-23)34-26(30)20-14-8-3-9-15-20/h1-16,21,23H,17H2/t21-,23-/m1/s1. The molecule has 176 valence electrons. The number of benzene rings is 3. The predicted octanol–water partition coefficient (Wildman–Crippen LogP) is 3.74. The number of hydrogen-bond acceptors (Lipinski definition) is 8. The molecular formula is C27H20O8. The molecule has 8 heteroatoms. The van der Waals surface area contributed by atoms with E-state index >= 15 is 0 Å². The van der Waals surface area contributed by atoms with Crippen LogP contribution >= 0.6 is 0 Å². The van der Waals surface area contributed by atoms with Gasteiger partial charge in [-0.1, -0.05) is 54.6 Å². The first-order valence-corrected chi connectivity index (χ1v) is 10.7. The molecule has 1 aliphatic rings. The highest BCUT2D eigenvalue weighted by atomic mass is 16.6. The van der Waals surface area contributed by atoms with Crippen molar-refractivity contribution in [2.45, 2.75) is 12.2 Å². The molecule has 4 rings (SSSR count). The molecule has 0 N–H and O–H groups in total. The van der Waals surface area contributed by atoms with Gasteiger partial charge in [-0.3, -0.25) is 0 Å². The van der Waals surface area contributed by atoms with Crippen molar-refractivity contribution in [1.29, 1.82) is 0 Å². The molecule has 8 nitrogen and oxygen atoms in total. The molecule has 0 saturated heterocycles. The zero-order valence-corrected chi connectivity index (χ0v) is 18.4. The van der Waals surface area contributed by atoms with Crippen molar-refractivity contribution in [2.75, 3.05) is 6.61 Å². The van der Waals surface area contributed by atoms with Gasteiger partial charge in [0.15, 0.2) is 12.2 Å². The van der Waals surface area contributed by atoms with Crippen molar-refractivity contribution < 1.29 is 38.1 Å². The summed E-state index contributed by atoms with van der Waals surface area (Å²) in [6, 6.07) is 24.5. The number of cyclic esters (lactones) is 1. The minimum Gasteiger partial charge on any atom is -0.458 e. The van der Waals surface area contributed by atoms with Crippen LogP contribution in [0.25, 0.3) is 0 Å². The SMILES string of the molecule is O=C1O[C@H](COC(=O)c2ccccc2)[C@H](OC(=O)c2ccccc2)C=C1OC(=O)c1ccccc1. The summed E-state index contributed by atoms with van der Waals surface area (Å²) in [7, 11) is 0. The molecule has 3 aromatic rings. The van der Waals surface area contributed by atoms with Crippen LogP contribution in [0.1, 0.15) is 31.1 Å². The van der Waals surface area contributed by atoms with E-state index in [1.165, 1.54) is 18.2 Å². The largest absolute Gasteiger partial charge is 0.458 e. The van der Waals surface area contributed by atoms with E-state index in [1.807, 2.05) is 0 Å². The lowest BCUT2D eigenvalue weighted by Crippen LogP contribution is -2.42. The Morgan fingerprint density at radius 1 is 0.686 bits per heavy atom. The molecule has 3 aromatic carbocycles. The Morgan fingerprint density at radius 3 is 1.71 bits per heavy atom. The first-order chi connectivity index (χ1) is 17.0. The number of ether oxygens (including phenoxy) is 4. The van der Waals surface area contributed by atoms with Gasteiger partial charge in [-0.2, -0.15) is 0 Å². The van der Waals surface area contributed by atoms with Gasteiger partial charge >= 0.3 is 23.9 Å². The van der Waals surface area contributed by atoms with E-state index in [9.17, 15) is 19.2 Å². The summed E-state index contributed by atoms with van der Waals surface area (Å²) < 4.78 is 21.3.